The lowest BCUT2D eigenvalue weighted by atomic mass is 10.2. The fourth-order valence-corrected chi connectivity index (χ4v) is 2.61. The highest BCUT2D eigenvalue weighted by Crippen LogP contribution is 2.16. The van der Waals surface area contributed by atoms with Gasteiger partial charge in [0.25, 0.3) is 0 Å². The van der Waals surface area contributed by atoms with Gasteiger partial charge in [0, 0.05) is 31.0 Å². The topological polar surface area (TPSA) is 61.9 Å². The molecule has 20 heavy (non-hydrogen) atoms. The molecule has 0 fully saturated rings. The molecule has 0 aromatic carbocycles. The minimum atomic E-state index is 0.0839. The summed E-state index contributed by atoms with van der Waals surface area (Å²) < 4.78 is 0. The average Bonchev–Trinajstić information content (AvgIpc) is 2.77. The van der Waals surface area contributed by atoms with Crippen molar-refractivity contribution in [2.24, 2.45) is 0 Å². The van der Waals surface area contributed by atoms with Crippen LogP contribution in [0, 0.1) is 13.8 Å². The second-order valence-electron chi connectivity index (χ2n) is 4.62. The molecule has 1 N–H and O–H groups in total. The van der Waals surface area contributed by atoms with Crippen LogP contribution in [0.2, 0.25) is 0 Å². The summed E-state index contributed by atoms with van der Waals surface area (Å²) >= 11 is 1.45. The first kappa shape index (κ1) is 14.6. The van der Waals surface area contributed by atoms with Crippen LogP contribution < -0.4 is 0 Å². The van der Waals surface area contributed by atoms with Crippen LogP contribution in [0.15, 0.2) is 29.4 Å². The molecule has 0 unspecified atom stereocenters. The number of pyridine rings is 1. The van der Waals surface area contributed by atoms with Crippen molar-refractivity contribution in [3.05, 3.63) is 41.3 Å². The smallest absolute Gasteiger partial charge is 0.233 e. The van der Waals surface area contributed by atoms with Gasteiger partial charge in [-0.15, -0.1) is 0 Å². The molecule has 2 aromatic heterocycles. The van der Waals surface area contributed by atoms with Gasteiger partial charge < -0.3 is 4.90 Å². The maximum Gasteiger partial charge on any atom is 0.233 e. The van der Waals surface area contributed by atoms with Gasteiger partial charge in [-0.05, 0) is 26.0 Å². The van der Waals surface area contributed by atoms with Gasteiger partial charge in [-0.3, -0.25) is 9.89 Å². The van der Waals surface area contributed by atoms with Crippen LogP contribution in [-0.4, -0.2) is 38.8 Å². The van der Waals surface area contributed by atoms with Crippen LogP contribution in [0.25, 0.3) is 0 Å². The van der Waals surface area contributed by atoms with Crippen LogP contribution in [-0.2, 0) is 11.3 Å². The Bertz CT molecular complexity index is 563. The largest absolute Gasteiger partial charge is 0.341 e. The molecule has 0 saturated heterocycles. The van der Waals surface area contributed by atoms with Gasteiger partial charge >= 0.3 is 0 Å². The van der Waals surface area contributed by atoms with E-state index in [0.717, 1.165) is 22.0 Å². The number of rotatable bonds is 5. The molecule has 0 aliphatic heterocycles. The van der Waals surface area contributed by atoms with Gasteiger partial charge in [-0.1, -0.05) is 17.8 Å². The Morgan fingerprint density at radius 3 is 2.80 bits per heavy atom. The van der Waals surface area contributed by atoms with Gasteiger partial charge in [0.15, 0.2) is 0 Å². The SMILES string of the molecule is Cc1n[nH]c(C)c1CN(C)C(=O)CSc1ccccn1. The van der Waals surface area contributed by atoms with E-state index < -0.39 is 0 Å². The second-order valence-corrected chi connectivity index (χ2v) is 5.61. The van der Waals surface area contributed by atoms with Crippen molar-refractivity contribution in [3.8, 4) is 0 Å². The highest BCUT2D eigenvalue weighted by atomic mass is 32.2. The standard InChI is InChI=1S/C14H18N4OS/c1-10-12(11(2)17-16-10)8-18(3)14(19)9-20-13-6-4-5-7-15-13/h4-7H,8-9H2,1-3H3,(H,16,17). The Balaban J connectivity index is 1.89. The van der Waals surface area contributed by atoms with E-state index in [9.17, 15) is 4.79 Å². The van der Waals surface area contributed by atoms with E-state index >= 15 is 0 Å². The number of amides is 1. The van der Waals surface area contributed by atoms with Crippen molar-refractivity contribution in [3.63, 3.8) is 0 Å². The lowest BCUT2D eigenvalue weighted by Crippen LogP contribution is -2.28. The van der Waals surface area contributed by atoms with Crippen LogP contribution in [0.3, 0.4) is 0 Å². The first-order chi connectivity index (χ1) is 9.58. The average molecular weight is 290 g/mol. The highest BCUT2D eigenvalue weighted by molar-refractivity contribution is 7.99. The van der Waals surface area contributed by atoms with Gasteiger partial charge in [-0.25, -0.2) is 4.98 Å². The molecule has 106 valence electrons. The summed E-state index contributed by atoms with van der Waals surface area (Å²) in [6.45, 7) is 4.49. The van der Waals surface area contributed by atoms with E-state index in [1.54, 1.807) is 11.1 Å². The molecule has 0 aliphatic rings. The van der Waals surface area contributed by atoms with E-state index in [1.165, 1.54) is 11.8 Å². The highest BCUT2D eigenvalue weighted by Gasteiger charge is 2.14. The number of aromatic amines is 1. The van der Waals surface area contributed by atoms with Crippen LogP contribution in [0.5, 0.6) is 0 Å². The maximum atomic E-state index is 12.1. The Morgan fingerprint density at radius 1 is 1.40 bits per heavy atom. The lowest BCUT2D eigenvalue weighted by molar-refractivity contribution is -0.127. The van der Waals surface area contributed by atoms with E-state index in [0.29, 0.717) is 12.3 Å². The number of hydrogen-bond donors (Lipinski definition) is 1. The molecular formula is C14H18N4OS. The monoisotopic (exact) mass is 290 g/mol. The zero-order chi connectivity index (χ0) is 14.5. The van der Waals surface area contributed by atoms with E-state index in [2.05, 4.69) is 15.2 Å². The molecule has 0 radical (unpaired) electrons. The fraction of sp³-hybridized carbons (Fsp3) is 0.357. The first-order valence-corrected chi connectivity index (χ1v) is 7.34. The molecule has 0 spiro atoms. The molecule has 0 atom stereocenters. The van der Waals surface area contributed by atoms with Crippen molar-refractivity contribution in [2.45, 2.75) is 25.4 Å². The maximum absolute atomic E-state index is 12.1. The number of thioether (sulfide) groups is 1. The van der Waals surface area contributed by atoms with Crippen molar-refractivity contribution < 1.29 is 4.79 Å². The van der Waals surface area contributed by atoms with Crippen molar-refractivity contribution >= 4 is 17.7 Å². The predicted molar refractivity (Wildman–Crippen MR) is 79.5 cm³/mol. The molecule has 0 saturated carbocycles. The Morgan fingerprint density at radius 2 is 2.20 bits per heavy atom. The number of nitrogens with zero attached hydrogens (tertiary/aromatic N) is 3. The van der Waals surface area contributed by atoms with Gasteiger partial charge in [0.2, 0.25) is 5.91 Å². The number of aromatic nitrogens is 3. The number of carbonyl (C=O) groups is 1. The summed E-state index contributed by atoms with van der Waals surface area (Å²) in [6.07, 6.45) is 1.73. The third-order valence-corrected chi connectivity index (χ3v) is 4.01. The molecule has 0 aliphatic carbocycles. The van der Waals surface area contributed by atoms with E-state index in [1.807, 2.05) is 39.1 Å². The Hall–Kier alpha value is -1.82. The number of nitrogens with one attached hydrogen (secondary N) is 1. The minimum Gasteiger partial charge on any atom is -0.341 e. The predicted octanol–water partition coefficient (Wildman–Crippen LogP) is 2.17. The van der Waals surface area contributed by atoms with Gasteiger partial charge in [0.05, 0.1) is 16.5 Å². The van der Waals surface area contributed by atoms with Crippen molar-refractivity contribution in [1.29, 1.82) is 0 Å². The normalized spacial score (nSPS) is 10.6. The quantitative estimate of drug-likeness (QED) is 0.857. The molecule has 2 aromatic rings. The van der Waals surface area contributed by atoms with Crippen molar-refractivity contribution in [2.75, 3.05) is 12.8 Å². The summed E-state index contributed by atoms with van der Waals surface area (Å²) in [6, 6.07) is 5.69. The molecule has 2 rings (SSSR count). The summed E-state index contributed by atoms with van der Waals surface area (Å²) in [5.41, 5.74) is 3.04. The molecule has 1 amide bonds. The summed E-state index contributed by atoms with van der Waals surface area (Å²) in [7, 11) is 1.81. The second kappa shape index (κ2) is 6.56. The minimum absolute atomic E-state index is 0.0839. The fourth-order valence-electron chi connectivity index (χ4n) is 1.81. The Kier molecular flexibility index (Phi) is 4.79. The molecule has 2 heterocycles. The van der Waals surface area contributed by atoms with Crippen molar-refractivity contribution in [1.82, 2.24) is 20.1 Å². The van der Waals surface area contributed by atoms with Crippen LogP contribution in [0.1, 0.15) is 17.0 Å². The summed E-state index contributed by atoms with van der Waals surface area (Å²) in [4.78, 5) is 18.0. The number of aryl methyl sites for hydroxylation is 2. The number of H-pyrrole nitrogens is 1. The van der Waals surface area contributed by atoms with Gasteiger partial charge in [-0.2, -0.15) is 5.10 Å². The van der Waals surface area contributed by atoms with Gasteiger partial charge in [0.1, 0.15) is 0 Å². The number of carbonyl (C=O) groups excluding carboxylic acids is 1. The Labute approximate surface area is 122 Å². The molecule has 6 heteroatoms. The zero-order valence-electron chi connectivity index (χ0n) is 11.9. The third kappa shape index (κ3) is 3.60. The van der Waals surface area contributed by atoms with Crippen LogP contribution >= 0.6 is 11.8 Å². The van der Waals surface area contributed by atoms with Crippen LogP contribution in [0.4, 0.5) is 0 Å². The molecular weight excluding hydrogens is 272 g/mol. The first-order valence-electron chi connectivity index (χ1n) is 6.36. The van der Waals surface area contributed by atoms with E-state index in [4.69, 9.17) is 0 Å². The number of hydrogen-bond acceptors (Lipinski definition) is 4. The third-order valence-electron chi connectivity index (χ3n) is 3.08. The molecule has 0 bridgehead atoms. The summed E-state index contributed by atoms with van der Waals surface area (Å²) in [5.74, 6) is 0.476. The summed E-state index contributed by atoms with van der Waals surface area (Å²) in [5, 5.41) is 7.95. The molecule has 5 nitrogen and oxygen atoms in total. The van der Waals surface area contributed by atoms with E-state index in [-0.39, 0.29) is 5.91 Å². The zero-order valence-corrected chi connectivity index (χ0v) is 12.7. The lowest BCUT2D eigenvalue weighted by Gasteiger charge is -2.17.